The molecule has 0 aliphatic rings. The van der Waals surface area contributed by atoms with Crippen molar-refractivity contribution in [1.82, 2.24) is 9.78 Å². The van der Waals surface area contributed by atoms with E-state index in [1.54, 1.807) is 7.05 Å². The molecule has 0 saturated carbocycles. The lowest BCUT2D eigenvalue weighted by Crippen LogP contribution is -2.17. The van der Waals surface area contributed by atoms with Crippen LogP contribution in [0.15, 0.2) is 33.8 Å². The molecule has 1 heterocycles. The number of nitrogen functional groups attached to an aromatic ring is 1. The number of sulfonamides is 1. The maximum Gasteiger partial charge on any atom is 0.266 e. The molecule has 0 aliphatic heterocycles. The molecule has 2 rings (SSSR count). The molecular weight excluding hydrogens is 339 g/mol. The van der Waals surface area contributed by atoms with Gasteiger partial charge in [-0.3, -0.25) is 9.40 Å². The summed E-state index contributed by atoms with van der Waals surface area (Å²) in [6.07, 6.45) is 1.42. The minimum atomic E-state index is -4.08. The van der Waals surface area contributed by atoms with Crippen molar-refractivity contribution in [2.45, 2.75) is 4.90 Å². The molecule has 19 heavy (non-hydrogen) atoms. The second-order valence-corrected chi connectivity index (χ2v) is 6.27. The largest absolute Gasteiger partial charge is 0.399 e. The fourth-order valence-electron chi connectivity index (χ4n) is 1.45. The maximum absolute atomic E-state index is 13.9. The topological polar surface area (TPSA) is 90.0 Å². The van der Waals surface area contributed by atoms with Crippen LogP contribution >= 0.6 is 15.9 Å². The lowest BCUT2D eigenvalue weighted by Gasteiger charge is -2.10. The SMILES string of the molecule is Cn1nccc1NS(=O)(=O)c1cc(N)cc(Br)c1F. The Kier molecular flexibility index (Phi) is 3.50. The van der Waals surface area contributed by atoms with E-state index in [4.69, 9.17) is 5.73 Å². The standard InChI is InChI=1S/C10H10BrFN4O2S/c1-16-9(2-3-14-16)15-19(17,18)8-5-6(13)4-7(11)10(8)12/h2-5,15H,13H2,1H3. The summed E-state index contributed by atoms with van der Waals surface area (Å²) >= 11 is 2.92. The highest BCUT2D eigenvalue weighted by Gasteiger charge is 2.22. The molecule has 0 aliphatic carbocycles. The van der Waals surface area contributed by atoms with Gasteiger partial charge in [0.2, 0.25) is 0 Å². The number of nitrogens with one attached hydrogen (secondary N) is 1. The van der Waals surface area contributed by atoms with Crippen LogP contribution in [0.3, 0.4) is 0 Å². The van der Waals surface area contributed by atoms with Crippen molar-refractivity contribution in [1.29, 1.82) is 0 Å². The summed E-state index contributed by atoms with van der Waals surface area (Å²) in [4.78, 5) is -0.527. The van der Waals surface area contributed by atoms with Crippen LogP contribution in [0.25, 0.3) is 0 Å². The Morgan fingerprint density at radius 2 is 2.16 bits per heavy atom. The molecule has 0 unspecified atom stereocenters. The van der Waals surface area contributed by atoms with Crippen molar-refractivity contribution in [3.05, 3.63) is 34.7 Å². The third kappa shape index (κ3) is 2.71. The summed E-state index contributed by atoms with van der Waals surface area (Å²) in [6, 6.07) is 3.80. The first-order valence-corrected chi connectivity index (χ1v) is 7.34. The number of anilines is 2. The Labute approximate surface area is 117 Å². The first-order chi connectivity index (χ1) is 8.81. The van der Waals surface area contributed by atoms with E-state index in [1.165, 1.54) is 23.0 Å². The van der Waals surface area contributed by atoms with Gasteiger partial charge >= 0.3 is 0 Å². The molecule has 0 spiro atoms. The Balaban J connectivity index is 2.49. The molecule has 0 saturated heterocycles. The van der Waals surface area contributed by atoms with Crippen LogP contribution in [-0.2, 0) is 17.1 Å². The summed E-state index contributed by atoms with van der Waals surface area (Å²) in [5.74, 6) is -0.679. The van der Waals surface area contributed by atoms with Gasteiger partial charge in [-0.1, -0.05) is 0 Å². The number of aryl methyl sites for hydroxylation is 1. The van der Waals surface area contributed by atoms with E-state index in [0.29, 0.717) is 0 Å². The van der Waals surface area contributed by atoms with E-state index >= 15 is 0 Å². The van der Waals surface area contributed by atoms with E-state index in [2.05, 4.69) is 25.8 Å². The highest BCUT2D eigenvalue weighted by atomic mass is 79.9. The van der Waals surface area contributed by atoms with E-state index in [-0.39, 0.29) is 16.0 Å². The minimum absolute atomic E-state index is 0.0159. The smallest absolute Gasteiger partial charge is 0.266 e. The number of hydrogen-bond acceptors (Lipinski definition) is 4. The lowest BCUT2D eigenvalue weighted by atomic mass is 10.3. The first-order valence-electron chi connectivity index (χ1n) is 5.06. The molecule has 6 nitrogen and oxygen atoms in total. The van der Waals surface area contributed by atoms with Gasteiger partial charge in [0.15, 0.2) is 5.82 Å². The third-order valence-corrected chi connectivity index (χ3v) is 4.30. The third-order valence-electron chi connectivity index (χ3n) is 2.37. The van der Waals surface area contributed by atoms with Crippen LogP contribution in [0.4, 0.5) is 15.9 Å². The number of halogens is 2. The summed E-state index contributed by atoms with van der Waals surface area (Å²) < 4.78 is 41.6. The molecule has 0 fully saturated rings. The van der Waals surface area contributed by atoms with Gasteiger partial charge in [0.1, 0.15) is 10.7 Å². The van der Waals surface area contributed by atoms with Crippen LogP contribution in [0.1, 0.15) is 0 Å². The molecule has 2 aromatic rings. The number of nitrogens with two attached hydrogens (primary N) is 1. The molecule has 0 radical (unpaired) electrons. The van der Waals surface area contributed by atoms with E-state index in [9.17, 15) is 12.8 Å². The van der Waals surface area contributed by atoms with Crippen LogP contribution < -0.4 is 10.5 Å². The predicted octanol–water partition coefficient (Wildman–Crippen LogP) is 1.70. The lowest BCUT2D eigenvalue weighted by molar-refractivity contribution is 0.566. The average Bonchev–Trinajstić information content (AvgIpc) is 2.69. The maximum atomic E-state index is 13.9. The fourth-order valence-corrected chi connectivity index (χ4v) is 3.28. The number of aromatic nitrogens is 2. The van der Waals surface area contributed by atoms with Crippen LogP contribution in [0.2, 0.25) is 0 Å². The zero-order chi connectivity index (χ0) is 14.2. The summed E-state index contributed by atoms with van der Waals surface area (Å²) in [5, 5.41) is 3.81. The number of rotatable bonds is 3. The van der Waals surface area contributed by atoms with Gasteiger partial charge in [-0.2, -0.15) is 5.10 Å². The van der Waals surface area contributed by atoms with Crippen molar-refractivity contribution < 1.29 is 12.8 Å². The summed E-state index contributed by atoms with van der Waals surface area (Å²) in [7, 11) is -2.52. The molecule has 1 aromatic carbocycles. The predicted molar refractivity (Wildman–Crippen MR) is 72.5 cm³/mol. The summed E-state index contributed by atoms with van der Waals surface area (Å²) in [6.45, 7) is 0. The van der Waals surface area contributed by atoms with Gasteiger partial charge in [0.05, 0.1) is 10.7 Å². The number of nitrogens with zero attached hydrogens (tertiary/aromatic N) is 2. The summed E-state index contributed by atoms with van der Waals surface area (Å²) in [5.41, 5.74) is 5.66. The molecular formula is C10H10BrFN4O2S. The number of hydrogen-bond donors (Lipinski definition) is 2. The van der Waals surface area contributed by atoms with Gasteiger partial charge in [-0.15, -0.1) is 0 Å². The van der Waals surface area contributed by atoms with Crippen molar-refractivity contribution in [3.8, 4) is 0 Å². The van der Waals surface area contributed by atoms with Crippen molar-refractivity contribution in [2.75, 3.05) is 10.5 Å². The van der Waals surface area contributed by atoms with Gasteiger partial charge in [0.25, 0.3) is 10.0 Å². The number of benzene rings is 1. The normalized spacial score (nSPS) is 11.5. The molecule has 0 atom stereocenters. The second-order valence-electron chi connectivity index (χ2n) is 3.76. The van der Waals surface area contributed by atoms with Crippen LogP contribution in [0.5, 0.6) is 0 Å². The molecule has 1 aromatic heterocycles. The first kappa shape index (κ1) is 13.8. The van der Waals surface area contributed by atoms with E-state index < -0.39 is 20.7 Å². The van der Waals surface area contributed by atoms with Gasteiger partial charge in [-0.05, 0) is 28.1 Å². The zero-order valence-corrected chi connectivity index (χ0v) is 12.2. The van der Waals surface area contributed by atoms with Gasteiger partial charge in [0, 0.05) is 18.8 Å². The molecule has 3 N–H and O–H groups in total. The Hall–Kier alpha value is -1.61. The minimum Gasteiger partial charge on any atom is -0.399 e. The monoisotopic (exact) mass is 348 g/mol. The van der Waals surface area contributed by atoms with Gasteiger partial charge in [-0.25, -0.2) is 12.8 Å². The van der Waals surface area contributed by atoms with Crippen molar-refractivity contribution >= 4 is 37.5 Å². The van der Waals surface area contributed by atoms with Gasteiger partial charge < -0.3 is 5.73 Å². The molecule has 0 amide bonds. The van der Waals surface area contributed by atoms with E-state index in [1.807, 2.05) is 0 Å². The highest BCUT2D eigenvalue weighted by Crippen LogP contribution is 2.27. The van der Waals surface area contributed by atoms with Crippen LogP contribution in [-0.4, -0.2) is 18.2 Å². The Morgan fingerprint density at radius 3 is 2.74 bits per heavy atom. The van der Waals surface area contributed by atoms with Crippen molar-refractivity contribution in [3.63, 3.8) is 0 Å². The quantitative estimate of drug-likeness (QED) is 0.826. The fraction of sp³-hybridized carbons (Fsp3) is 0.100. The average molecular weight is 349 g/mol. The van der Waals surface area contributed by atoms with Crippen molar-refractivity contribution in [2.24, 2.45) is 7.05 Å². The molecule has 102 valence electrons. The van der Waals surface area contributed by atoms with Crippen LogP contribution in [0, 0.1) is 5.82 Å². The van der Waals surface area contributed by atoms with E-state index in [0.717, 1.165) is 6.07 Å². The zero-order valence-electron chi connectivity index (χ0n) is 9.76. The molecule has 0 bridgehead atoms. The highest BCUT2D eigenvalue weighted by molar-refractivity contribution is 9.10. The molecule has 9 heteroatoms. The Bertz CT molecular complexity index is 729. The second kappa shape index (κ2) is 4.82. The Morgan fingerprint density at radius 1 is 1.47 bits per heavy atom.